The van der Waals surface area contributed by atoms with E-state index in [1.54, 1.807) is 0 Å². The Morgan fingerprint density at radius 2 is 2.14 bits per heavy atom. The quantitative estimate of drug-likeness (QED) is 0.700. The van der Waals surface area contributed by atoms with Crippen molar-refractivity contribution < 1.29 is 8.42 Å². The van der Waals surface area contributed by atoms with Crippen molar-refractivity contribution in [2.45, 2.75) is 26.2 Å². The van der Waals surface area contributed by atoms with Crippen molar-refractivity contribution in [2.75, 3.05) is 18.8 Å². The first-order chi connectivity index (χ1) is 6.53. The molecule has 2 atom stereocenters. The number of rotatable bonds is 5. The Bertz CT molecular complexity index is 264. The zero-order valence-electron chi connectivity index (χ0n) is 8.70. The molecule has 1 fully saturated rings. The third kappa shape index (κ3) is 3.94. The van der Waals surface area contributed by atoms with E-state index in [4.69, 9.17) is 5.73 Å². The maximum Gasteiger partial charge on any atom is 0.212 e. The van der Waals surface area contributed by atoms with Gasteiger partial charge in [-0.3, -0.25) is 0 Å². The van der Waals surface area contributed by atoms with Crippen molar-refractivity contribution >= 4 is 10.0 Å². The molecular formula is C9H20N2O2S. The molecule has 0 aromatic rings. The fourth-order valence-corrected chi connectivity index (χ4v) is 2.93. The summed E-state index contributed by atoms with van der Waals surface area (Å²) in [6.45, 7) is 3.00. The third-order valence-corrected chi connectivity index (χ3v) is 4.16. The van der Waals surface area contributed by atoms with E-state index in [9.17, 15) is 8.42 Å². The van der Waals surface area contributed by atoms with Gasteiger partial charge in [-0.15, -0.1) is 0 Å². The van der Waals surface area contributed by atoms with Crippen molar-refractivity contribution in [2.24, 2.45) is 17.6 Å². The van der Waals surface area contributed by atoms with Crippen LogP contribution in [0.2, 0.25) is 0 Å². The van der Waals surface area contributed by atoms with E-state index in [-0.39, 0.29) is 12.3 Å². The van der Waals surface area contributed by atoms with Gasteiger partial charge < -0.3 is 5.73 Å². The predicted molar refractivity (Wildman–Crippen MR) is 57.3 cm³/mol. The zero-order chi connectivity index (χ0) is 10.6. The lowest BCUT2D eigenvalue weighted by atomic mass is 10.1. The summed E-state index contributed by atoms with van der Waals surface area (Å²) < 4.78 is 25.2. The van der Waals surface area contributed by atoms with E-state index >= 15 is 0 Å². The van der Waals surface area contributed by atoms with Crippen molar-refractivity contribution in [3.05, 3.63) is 0 Å². The highest BCUT2D eigenvalue weighted by Gasteiger charge is 2.22. The van der Waals surface area contributed by atoms with Gasteiger partial charge in [0.15, 0.2) is 0 Å². The fraction of sp³-hybridized carbons (Fsp3) is 1.00. The molecule has 1 rings (SSSR count). The van der Waals surface area contributed by atoms with Crippen molar-refractivity contribution in [1.29, 1.82) is 0 Å². The van der Waals surface area contributed by atoms with Crippen LogP contribution >= 0.6 is 0 Å². The largest absolute Gasteiger partial charge is 0.329 e. The summed E-state index contributed by atoms with van der Waals surface area (Å²) in [5, 5.41) is 0. The molecule has 4 nitrogen and oxygen atoms in total. The van der Waals surface area contributed by atoms with Gasteiger partial charge in [-0.25, -0.2) is 13.1 Å². The molecular weight excluding hydrogens is 200 g/mol. The van der Waals surface area contributed by atoms with E-state index in [0.717, 1.165) is 18.8 Å². The van der Waals surface area contributed by atoms with Gasteiger partial charge in [-0.1, -0.05) is 13.3 Å². The lowest BCUT2D eigenvalue weighted by molar-refractivity contribution is 0.498. The van der Waals surface area contributed by atoms with E-state index in [2.05, 4.69) is 11.6 Å². The average Bonchev–Trinajstić information content (AvgIpc) is 2.48. The molecule has 0 amide bonds. The second-order valence-corrected chi connectivity index (χ2v) is 6.17. The topological polar surface area (TPSA) is 72.2 Å². The van der Waals surface area contributed by atoms with Crippen LogP contribution in [0.15, 0.2) is 0 Å². The summed E-state index contributed by atoms with van der Waals surface area (Å²) in [7, 11) is -3.11. The molecule has 0 heterocycles. The van der Waals surface area contributed by atoms with Gasteiger partial charge in [0.2, 0.25) is 10.0 Å². The summed E-state index contributed by atoms with van der Waals surface area (Å²) in [6.07, 6.45) is 3.51. The van der Waals surface area contributed by atoms with E-state index in [1.165, 1.54) is 6.42 Å². The van der Waals surface area contributed by atoms with Gasteiger partial charge in [0, 0.05) is 13.1 Å². The molecule has 5 heteroatoms. The predicted octanol–water partition coefficient (Wildman–Crippen LogP) is 0.301. The lowest BCUT2D eigenvalue weighted by Crippen LogP contribution is -2.33. The van der Waals surface area contributed by atoms with Crippen LogP contribution in [0, 0.1) is 11.8 Å². The molecule has 1 aliphatic rings. The fourth-order valence-electron chi connectivity index (χ4n) is 1.98. The Labute approximate surface area is 86.3 Å². The summed E-state index contributed by atoms with van der Waals surface area (Å²) in [4.78, 5) is 0. The summed E-state index contributed by atoms with van der Waals surface area (Å²) in [6, 6.07) is 0. The van der Waals surface area contributed by atoms with Crippen LogP contribution in [0.25, 0.3) is 0 Å². The van der Waals surface area contributed by atoms with Crippen LogP contribution in [-0.4, -0.2) is 27.3 Å². The molecule has 2 unspecified atom stereocenters. The number of nitrogens with two attached hydrogens (primary N) is 1. The maximum absolute atomic E-state index is 11.3. The van der Waals surface area contributed by atoms with Crippen LogP contribution in [0.5, 0.6) is 0 Å². The van der Waals surface area contributed by atoms with Gasteiger partial charge in [0.1, 0.15) is 0 Å². The Hall–Kier alpha value is -0.130. The highest BCUT2D eigenvalue weighted by atomic mass is 32.2. The second kappa shape index (κ2) is 5.09. The van der Waals surface area contributed by atoms with Crippen LogP contribution in [-0.2, 0) is 10.0 Å². The minimum absolute atomic E-state index is 0.0370. The van der Waals surface area contributed by atoms with E-state index in [1.807, 2.05) is 0 Å². The third-order valence-electron chi connectivity index (χ3n) is 2.78. The first-order valence-electron chi connectivity index (χ1n) is 5.21. The smallest absolute Gasteiger partial charge is 0.212 e. The minimum Gasteiger partial charge on any atom is -0.329 e. The Morgan fingerprint density at radius 3 is 2.64 bits per heavy atom. The molecule has 14 heavy (non-hydrogen) atoms. The Kier molecular flexibility index (Phi) is 4.34. The SMILES string of the molecule is CC1CCC(CNS(=O)(=O)CCN)C1. The highest BCUT2D eigenvalue weighted by molar-refractivity contribution is 7.89. The molecule has 0 aromatic carbocycles. The van der Waals surface area contributed by atoms with Gasteiger partial charge >= 0.3 is 0 Å². The molecule has 0 radical (unpaired) electrons. The first kappa shape index (κ1) is 11.9. The Balaban J connectivity index is 2.26. The number of sulfonamides is 1. The van der Waals surface area contributed by atoms with E-state index in [0.29, 0.717) is 12.5 Å². The standard InChI is InChI=1S/C9H20N2O2S/c1-8-2-3-9(6-8)7-11-14(12,13)5-4-10/h8-9,11H,2-7,10H2,1H3. The molecule has 0 bridgehead atoms. The summed E-state index contributed by atoms with van der Waals surface area (Å²) in [5.74, 6) is 1.31. The van der Waals surface area contributed by atoms with Gasteiger partial charge in [-0.05, 0) is 24.7 Å². The zero-order valence-corrected chi connectivity index (χ0v) is 9.52. The molecule has 0 spiro atoms. The second-order valence-electron chi connectivity index (χ2n) is 4.24. The minimum atomic E-state index is -3.11. The molecule has 0 aliphatic heterocycles. The van der Waals surface area contributed by atoms with Gasteiger partial charge in [0.05, 0.1) is 5.75 Å². The first-order valence-corrected chi connectivity index (χ1v) is 6.86. The Morgan fingerprint density at radius 1 is 1.43 bits per heavy atom. The normalized spacial score (nSPS) is 28.1. The summed E-state index contributed by atoms with van der Waals surface area (Å²) in [5.41, 5.74) is 5.20. The van der Waals surface area contributed by atoms with Gasteiger partial charge in [-0.2, -0.15) is 0 Å². The molecule has 84 valence electrons. The van der Waals surface area contributed by atoms with Crippen molar-refractivity contribution in [3.63, 3.8) is 0 Å². The van der Waals surface area contributed by atoms with Crippen molar-refractivity contribution in [3.8, 4) is 0 Å². The lowest BCUT2D eigenvalue weighted by Gasteiger charge is -2.10. The van der Waals surface area contributed by atoms with Crippen LogP contribution in [0.4, 0.5) is 0 Å². The molecule has 0 aromatic heterocycles. The molecule has 1 saturated carbocycles. The van der Waals surface area contributed by atoms with E-state index < -0.39 is 10.0 Å². The molecule has 3 N–H and O–H groups in total. The average molecular weight is 220 g/mol. The van der Waals surface area contributed by atoms with Gasteiger partial charge in [0.25, 0.3) is 0 Å². The monoisotopic (exact) mass is 220 g/mol. The maximum atomic E-state index is 11.3. The van der Waals surface area contributed by atoms with Crippen LogP contribution in [0.3, 0.4) is 0 Å². The summed E-state index contributed by atoms with van der Waals surface area (Å²) >= 11 is 0. The molecule has 0 saturated heterocycles. The van der Waals surface area contributed by atoms with Crippen molar-refractivity contribution in [1.82, 2.24) is 4.72 Å². The van der Waals surface area contributed by atoms with Crippen LogP contribution in [0.1, 0.15) is 26.2 Å². The van der Waals surface area contributed by atoms with Crippen LogP contribution < -0.4 is 10.5 Å². The number of hydrogen-bond acceptors (Lipinski definition) is 3. The number of nitrogens with one attached hydrogen (secondary N) is 1. The molecule has 1 aliphatic carbocycles. The highest BCUT2D eigenvalue weighted by Crippen LogP contribution is 2.29. The number of hydrogen-bond donors (Lipinski definition) is 2.